The second-order valence-electron chi connectivity index (χ2n) is 5.24. The maximum Gasteiger partial charge on any atom is 0.0282 e. The van der Waals surface area contributed by atoms with Gasteiger partial charge in [-0.3, -0.25) is 4.67 Å². The Hall–Kier alpha value is -1.21. The first-order chi connectivity index (χ1) is 9.84. The Balaban J connectivity index is 1.92. The number of hydrogen-bond acceptors (Lipinski definition) is 2. The monoisotopic (exact) mass is 284 g/mol. The molecule has 2 aromatic rings. The number of hydrogen-bond donors (Lipinski definition) is 0. The van der Waals surface area contributed by atoms with Gasteiger partial charge >= 0.3 is 0 Å². The fourth-order valence-electron chi connectivity index (χ4n) is 2.61. The van der Waals surface area contributed by atoms with Gasteiger partial charge in [-0.1, -0.05) is 60.7 Å². The summed E-state index contributed by atoms with van der Waals surface area (Å²) in [6, 6.07) is 21.9. The molecular weight excluding hydrogens is 263 g/mol. The summed E-state index contributed by atoms with van der Waals surface area (Å²) in [4.78, 5) is 2.42. The van der Waals surface area contributed by atoms with Crippen molar-refractivity contribution < 1.29 is 0 Å². The van der Waals surface area contributed by atoms with Crippen molar-refractivity contribution in [3.05, 3.63) is 60.7 Å². The smallest absolute Gasteiger partial charge is 0.0282 e. The summed E-state index contributed by atoms with van der Waals surface area (Å²) in [5, 5.41) is 2.91. The van der Waals surface area contributed by atoms with Gasteiger partial charge < -0.3 is 4.90 Å². The third kappa shape index (κ3) is 3.09. The highest BCUT2D eigenvalue weighted by molar-refractivity contribution is 7.70. The van der Waals surface area contributed by atoms with Crippen molar-refractivity contribution in [3.63, 3.8) is 0 Å². The van der Waals surface area contributed by atoms with E-state index in [1.165, 1.54) is 23.7 Å². The molecule has 2 aromatic carbocycles. The number of nitrogens with zero attached hydrogens (tertiary/aromatic N) is 2. The third-order valence-electron chi connectivity index (χ3n) is 3.76. The van der Waals surface area contributed by atoms with Crippen LogP contribution in [0.15, 0.2) is 60.7 Å². The lowest BCUT2D eigenvalue weighted by Crippen LogP contribution is -2.44. The molecule has 3 rings (SSSR count). The van der Waals surface area contributed by atoms with E-state index < -0.39 is 0 Å². The Morgan fingerprint density at radius 1 is 0.700 bits per heavy atom. The van der Waals surface area contributed by atoms with Crippen LogP contribution >= 0.6 is 8.07 Å². The van der Waals surface area contributed by atoms with Crippen molar-refractivity contribution in [1.29, 1.82) is 0 Å². The molecule has 0 unspecified atom stereocenters. The molecule has 1 aliphatic heterocycles. The van der Waals surface area contributed by atoms with Gasteiger partial charge in [0, 0.05) is 34.3 Å². The summed E-state index contributed by atoms with van der Waals surface area (Å²) in [6.45, 7) is 4.65. The molecule has 0 radical (unpaired) electrons. The molecule has 0 aliphatic carbocycles. The molecule has 0 saturated carbocycles. The van der Waals surface area contributed by atoms with Crippen molar-refractivity contribution in [2.45, 2.75) is 0 Å². The van der Waals surface area contributed by atoms with Crippen LogP contribution in [0.3, 0.4) is 0 Å². The average molecular weight is 284 g/mol. The van der Waals surface area contributed by atoms with E-state index in [1.807, 2.05) is 0 Å². The van der Waals surface area contributed by atoms with Gasteiger partial charge in [0.2, 0.25) is 0 Å². The molecule has 0 atom stereocenters. The highest BCUT2D eigenvalue weighted by Gasteiger charge is 2.24. The van der Waals surface area contributed by atoms with Crippen molar-refractivity contribution in [2.75, 3.05) is 33.2 Å². The van der Waals surface area contributed by atoms with E-state index in [9.17, 15) is 0 Å². The fourth-order valence-corrected chi connectivity index (χ4v) is 5.05. The van der Waals surface area contributed by atoms with Gasteiger partial charge in [-0.2, -0.15) is 0 Å². The molecule has 0 amide bonds. The number of benzene rings is 2. The van der Waals surface area contributed by atoms with Crippen molar-refractivity contribution >= 4 is 18.7 Å². The zero-order valence-corrected chi connectivity index (χ0v) is 12.8. The lowest BCUT2D eigenvalue weighted by molar-refractivity contribution is 0.230. The summed E-state index contributed by atoms with van der Waals surface area (Å²) in [6.07, 6.45) is 0. The standard InChI is InChI=1S/C17H21N2P/c1-18-12-14-19(15-13-18)20(16-8-4-2-5-9-16)17-10-6-3-7-11-17/h2-11H,12-15H2,1H3. The van der Waals surface area contributed by atoms with E-state index in [1.54, 1.807) is 0 Å². The van der Waals surface area contributed by atoms with Crippen LogP contribution < -0.4 is 10.6 Å². The van der Waals surface area contributed by atoms with Crippen LogP contribution in [-0.4, -0.2) is 42.8 Å². The maximum absolute atomic E-state index is 2.67. The molecule has 20 heavy (non-hydrogen) atoms. The largest absolute Gasteiger partial charge is 0.304 e. The Kier molecular flexibility index (Phi) is 4.47. The predicted molar refractivity (Wildman–Crippen MR) is 88.1 cm³/mol. The average Bonchev–Trinajstić information content (AvgIpc) is 2.52. The molecule has 1 heterocycles. The molecule has 104 valence electrons. The minimum Gasteiger partial charge on any atom is -0.304 e. The Labute approximate surface area is 122 Å². The zero-order valence-electron chi connectivity index (χ0n) is 11.9. The van der Waals surface area contributed by atoms with Crippen LogP contribution in [0.4, 0.5) is 0 Å². The molecule has 1 saturated heterocycles. The minimum atomic E-state index is -0.381. The lowest BCUT2D eigenvalue weighted by atomic mass is 10.4. The first kappa shape index (κ1) is 13.8. The van der Waals surface area contributed by atoms with E-state index >= 15 is 0 Å². The van der Waals surface area contributed by atoms with Crippen molar-refractivity contribution in [3.8, 4) is 0 Å². The van der Waals surface area contributed by atoms with Crippen LogP contribution in [-0.2, 0) is 0 Å². The first-order valence-corrected chi connectivity index (χ1v) is 8.48. The SMILES string of the molecule is CN1CCN(P(c2ccccc2)c2ccccc2)CC1. The molecule has 0 N–H and O–H groups in total. The molecule has 0 aromatic heterocycles. The predicted octanol–water partition coefficient (Wildman–Crippen LogP) is 2.28. The van der Waals surface area contributed by atoms with Gasteiger partial charge in [-0.25, -0.2) is 0 Å². The molecule has 0 spiro atoms. The Bertz CT molecular complexity index is 482. The summed E-state index contributed by atoms with van der Waals surface area (Å²) in [5.74, 6) is 0. The molecule has 3 heteroatoms. The summed E-state index contributed by atoms with van der Waals surface area (Å²) >= 11 is 0. The van der Waals surface area contributed by atoms with E-state index in [2.05, 4.69) is 77.3 Å². The minimum absolute atomic E-state index is 0.381. The van der Waals surface area contributed by atoms with Crippen LogP contribution in [0.5, 0.6) is 0 Å². The van der Waals surface area contributed by atoms with Gasteiger partial charge in [-0.05, 0) is 17.7 Å². The van der Waals surface area contributed by atoms with Gasteiger partial charge in [0.1, 0.15) is 0 Å². The van der Waals surface area contributed by atoms with Crippen molar-refractivity contribution in [2.24, 2.45) is 0 Å². The van der Waals surface area contributed by atoms with E-state index in [-0.39, 0.29) is 8.07 Å². The van der Waals surface area contributed by atoms with Crippen LogP contribution in [0.25, 0.3) is 0 Å². The van der Waals surface area contributed by atoms with Crippen LogP contribution in [0.1, 0.15) is 0 Å². The molecule has 0 bridgehead atoms. The number of rotatable bonds is 3. The normalized spacial score (nSPS) is 17.5. The second-order valence-corrected chi connectivity index (χ2v) is 7.46. The maximum atomic E-state index is 2.67. The third-order valence-corrected chi connectivity index (χ3v) is 6.30. The molecular formula is C17H21N2P. The van der Waals surface area contributed by atoms with Crippen LogP contribution in [0.2, 0.25) is 0 Å². The molecule has 2 nitrogen and oxygen atoms in total. The lowest BCUT2D eigenvalue weighted by Gasteiger charge is -2.38. The first-order valence-electron chi connectivity index (χ1n) is 7.18. The van der Waals surface area contributed by atoms with E-state index in [0.717, 1.165) is 13.1 Å². The summed E-state index contributed by atoms with van der Waals surface area (Å²) < 4.78 is 2.67. The number of likely N-dealkylation sites (N-methyl/N-ethyl adjacent to an activating group) is 1. The fraction of sp³-hybridized carbons (Fsp3) is 0.294. The highest BCUT2D eigenvalue weighted by atomic mass is 31.1. The van der Waals surface area contributed by atoms with Crippen LogP contribution in [0, 0.1) is 0 Å². The topological polar surface area (TPSA) is 6.48 Å². The van der Waals surface area contributed by atoms with Gasteiger partial charge in [0.15, 0.2) is 0 Å². The molecule has 1 fully saturated rings. The highest BCUT2D eigenvalue weighted by Crippen LogP contribution is 2.38. The van der Waals surface area contributed by atoms with Gasteiger partial charge in [0.05, 0.1) is 0 Å². The zero-order chi connectivity index (χ0) is 13.8. The van der Waals surface area contributed by atoms with Crippen molar-refractivity contribution in [1.82, 2.24) is 9.57 Å². The summed E-state index contributed by atoms with van der Waals surface area (Å²) in [7, 11) is 1.83. The van der Waals surface area contributed by atoms with Gasteiger partial charge in [0.25, 0.3) is 0 Å². The number of piperazine rings is 1. The van der Waals surface area contributed by atoms with Gasteiger partial charge in [-0.15, -0.1) is 0 Å². The second kappa shape index (κ2) is 6.49. The molecule has 1 aliphatic rings. The summed E-state index contributed by atoms with van der Waals surface area (Å²) in [5.41, 5.74) is 0. The quantitative estimate of drug-likeness (QED) is 0.798. The Morgan fingerprint density at radius 3 is 1.60 bits per heavy atom. The Morgan fingerprint density at radius 2 is 1.15 bits per heavy atom. The van der Waals surface area contributed by atoms with E-state index in [0.29, 0.717) is 0 Å². The van der Waals surface area contributed by atoms with E-state index in [4.69, 9.17) is 0 Å².